The largest absolute Gasteiger partial charge is 0.336 e. The van der Waals surface area contributed by atoms with Crippen LogP contribution in [0.3, 0.4) is 0 Å². The van der Waals surface area contributed by atoms with Gasteiger partial charge in [-0.25, -0.2) is 13.8 Å². The van der Waals surface area contributed by atoms with Gasteiger partial charge in [0, 0.05) is 31.1 Å². The fourth-order valence-corrected chi connectivity index (χ4v) is 1.57. The van der Waals surface area contributed by atoms with E-state index in [9.17, 15) is 8.78 Å². The second-order valence-corrected chi connectivity index (χ2v) is 3.54. The van der Waals surface area contributed by atoms with Gasteiger partial charge in [-0.1, -0.05) is 6.07 Å². The summed E-state index contributed by atoms with van der Waals surface area (Å²) in [5.74, 6) is -0.741. The molecule has 0 fully saturated rings. The third-order valence-electron chi connectivity index (χ3n) is 2.43. The average Bonchev–Trinajstić information content (AvgIpc) is 2.63. The van der Waals surface area contributed by atoms with Crippen LogP contribution in [0.2, 0.25) is 0 Å². The Morgan fingerprint density at radius 3 is 2.69 bits per heavy atom. The van der Waals surface area contributed by atoms with Crippen LogP contribution < -0.4 is 5.73 Å². The number of nitrogens with zero attached hydrogens (tertiary/aromatic N) is 2. The van der Waals surface area contributed by atoms with E-state index in [2.05, 4.69) is 4.98 Å². The third-order valence-corrected chi connectivity index (χ3v) is 2.43. The number of hydrogen-bond acceptors (Lipinski definition) is 2. The molecule has 16 heavy (non-hydrogen) atoms. The van der Waals surface area contributed by atoms with Gasteiger partial charge in [-0.3, -0.25) is 0 Å². The smallest absolute Gasteiger partial charge is 0.131 e. The Hall–Kier alpha value is -1.75. The third kappa shape index (κ3) is 1.81. The van der Waals surface area contributed by atoms with Crippen molar-refractivity contribution in [2.45, 2.75) is 6.04 Å². The first-order valence-electron chi connectivity index (χ1n) is 4.77. The zero-order valence-corrected chi connectivity index (χ0v) is 8.69. The van der Waals surface area contributed by atoms with Crippen molar-refractivity contribution in [1.29, 1.82) is 0 Å². The van der Waals surface area contributed by atoms with Crippen molar-refractivity contribution in [1.82, 2.24) is 9.55 Å². The maximum absolute atomic E-state index is 13.5. The molecule has 0 saturated carbocycles. The minimum Gasteiger partial charge on any atom is -0.336 e. The van der Waals surface area contributed by atoms with Gasteiger partial charge in [-0.2, -0.15) is 0 Å². The van der Waals surface area contributed by atoms with Gasteiger partial charge in [0.25, 0.3) is 0 Å². The van der Waals surface area contributed by atoms with Crippen molar-refractivity contribution in [2.24, 2.45) is 12.8 Å². The molecule has 0 amide bonds. The van der Waals surface area contributed by atoms with Gasteiger partial charge in [0.05, 0.1) is 6.04 Å². The zero-order chi connectivity index (χ0) is 11.7. The summed E-state index contributed by atoms with van der Waals surface area (Å²) in [5, 5.41) is 0. The molecular formula is C11H11F2N3. The van der Waals surface area contributed by atoms with Crippen molar-refractivity contribution in [3.63, 3.8) is 0 Å². The molecule has 0 aliphatic heterocycles. The lowest BCUT2D eigenvalue weighted by molar-refractivity contribution is 0.559. The monoisotopic (exact) mass is 223 g/mol. The quantitative estimate of drug-likeness (QED) is 0.842. The highest BCUT2D eigenvalue weighted by Crippen LogP contribution is 2.21. The Morgan fingerprint density at radius 1 is 1.38 bits per heavy atom. The molecule has 1 heterocycles. The summed E-state index contributed by atoms with van der Waals surface area (Å²) in [6.45, 7) is 0. The molecule has 0 aliphatic carbocycles. The molecule has 2 rings (SSSR count). The van der Waals surface area contributed by atoms with Crippen LogP contribution in [0, 0.1) is 11.6 Å². The molecule has 5 heteroatoms. The second-order valence-electron chi connectivity index (χ2n) is 3.54. The molecular weight excluding hydrogens is 212 g/mol. The summed E-state index contributed by atoms with van der Waals surface area (Å²) >= 11 is 0. The molecule has 0 radical (unpaired) electrons. The highest BCUT2D eigenvalue weighted by atomic mass is 19.1. The van der Waals surface area contributed by atoms with Crippen molar-refractivity contribution >= 4 is 0 Å². The highest BCUT2D eigenvalue weighted by Gasteiger charge is 2.17. The summed E-state index contributed by atoms with van der Waals surface area (Å²) in [7, 11) is 1.77. The number of aromatic nitrogens is 2. The van der Waals surface area contributed by atoms with E-state index in [1.165, 1.54) is 12.1 Å². The van der Waals surface area contributed by atoms with E-state index in [-0.39, 0.29) is 5.56 Å². The zero-order valence-electron chi connectivity index (χ0n) is 8.69. The van der Waals surface area contributed by atoms with Crippen molar-refractivity contribution in [2.75, 3.05) is 0 Å². The fourth-order valence-electron chi connectivity index (χ4n) is 1.57. The standard InChI is InChI=1S/C11H11F2N3/c1-16-5-4-15-11(16)10(14)8-3-2-7(12)6-9(8)13/h2-6,10H,14H2,1H3. The van der Waals surface area contributed by atoms with Crippen LogP contribution in [-0.4, -0.2) is 9.55 Å². The molecule has 0 saturated heterocycles. The molecule has 3 nitrogen and oxygen atoms in total. The van der Waals surface area contributed by atoms with E-state index in [1.807, 2.05) is 0 Å². The first kappa shape index (κ1) is 10.8. The van der Waals surface area contributed by atoms with Crippen LogP contribution in [0.15, 0.2) is 30.6 Å². The Labute approximate surface area is 91.5 Å². The summed E-state index contributed by atoms with van der Waals surface area (Å²) in [4.78, 5) is 4.03. The minimum atomic E-state index is -0.694. The number of rotatable bonds is 2. The van der Waals surface area contributed by atoms with Crippen LogP contribution in [0.5, 0.6) is 0 Å². The minimum absolute atomic E-state index is 0.232. The van der Waals surface area contributed by atoms with Gasteiger partial charge < -0.3 is 10.3 Å². The van der Waals surface area contributed by atoms with E-state index in [0.717, 1.165) is 6.07 Å². The van der Waals surface area contributed by atoms with Gasteiger partial charge >= 0.3 is 0 Å². The molecule has 1 aromatic carbocycles. The van der Waals surface area contributed by atoms with Crippen LogP contribution in [0.25, 0.3) is 0 Å². The SMILES string of the molecule is Cn1ccnc1C(N)c1ccc(F)cc1F. The molecule has 0 spiro atoms. The normalized spacial score (nSPS) is 12.8. The molecule has 0 bridgehead atoms. The van der Waals surface area contributed by atoms with Gasteiger partial charge in [-0.15, -0.1) is 0 Å². The number of hydrogen-bond donors (Lipinski definition) is 1. The number of benzene rings is 1. The van der Waals surface area contributed by atoms with Crippen molar-refractivity contribution in [3.8, 4) is 0 Å². The number of imidazole rings is 1. The second kappa shape index (κ2) is 4.02. The molecule has 1 aromatic heterocycles. The van der Waals surface area contributed by atoms with Gasteiger partial charge in [0.1, 0.15) is 17.5 Å². The Morgan fingerprint density at radius 2 is 2.12 bits per heavy atom. The summed E-state index contributed by atoms with van der Waals surface area (Å²) in [5.41, 5.74) is 6.10. The van der Waals surface area contributed by atoms with Crippen LogP contribution in [0.4, 0.5) is 8.78 Å². The number of aryl methyl sites for hydroxylation is 1. The maximum Gasteiger partial charge on any atom is 0.131 e. The number of nitrogens with two attached hydrogens (primary N) is 1. The average molecular weight is 223 g/mol. The lowest BCUT2D eigenvalue weighted by atomic mass is 10.1. The van der Waals surface area contributed by atoms with Gasteiger partial charge in [-0.05, 0) is 6.07 Å². The molecule has 2 aromatic rings. The van der Waals surface area contributed by atoms with Crippen LogP contribution >= 0.6 is 0 Å². The van der Waals surface area contributed by atoms with Gasteiger partial charge in [0.2, 0.25) is 0 Å². The highest BCUT2D eigenvalue weighted by molar-refractivity contribution is 5.26. The van der Waals surface area contributed by atoms with E-state index in [1.54, 1.807) is 24.0 Å². The van der Waals surface area contributed by atoms with Crippen molar-refractivity contribution in [3.05, 3.63) is 53.6 Å². The van der Waals surface area contributed by atoms with E-state index >= 15 is 0 Å². The molecule has 2 N–H and O–H groups in total. The topological polar surface area (TPSA) is 43.8 Å². The summed E-state index contributed by atoms with van der Waals surface area (Å²) < 4.78 is 27.9. The molecule has 1 unspecified atom stereocenters. The van der Waals surface area contributed by atoms with Gasteiger partial charge in [0.15, 0.2) is 0 Å². The molecule has 0 aliphatic rings. The van der Waals surface area contributed by atoms with Crippen LogP contribution in [-0.2, 0) is 7.05 Å². The summed E-state index contributed by atoms with van der Waals surface area (Å²) in [6.07, 6.45) is 3.30. The predicted molar refractivity (Wildman–Crippen MR) is 55.6 cm³/mol. The Balaban J connectivity index is 2.41. The molecule has 1 atom stereocenters. The first-order chi connectivity index (χ1) is 7.59. The Kier molecular flexibility index (Phi) is 2.70. The van der Waals surface area contributed by atoms with E-state index < -0.39 is 17.7 Å². The van der Waals surface area contributed by atoms with Crippen LogP contribution in [0.1, 0.15) is 17.4 Å². The fraction of sp³-hybridized carbons (Fsp3) is 0.182. The number of halogens is 2. The Bertz CT molecular complexity index is 508. The van der Waals surface area contributed by atoms with E-state index in [4.69, 9.17) is 5.73 Å². The lowest BCUT2D eigenvalue weighted by Gasteiger charge is -2.12. The molecule has 84 valence electrons. The van der Waals surface area contributed by atoms with Crippen molar-refractivity contribution < 1.29 is 8.78 Å². The first-order valence-corrected chi connectivity index (χ1v) is 4.77. The lowest BCUT2D eigenvalue weighted by Crippen LogP contribution is -2.18. The predicted octanol–water partition coefficient (Wildman–Crippen LogP) is 1.75. The summed E-state index contributed by atoms with van der Waals surface area (Å²) in [6, 6.07) is 2.64. The maximum atomic E-state index is 13.5. The van der Waals surface area contributed by atoms with E-state index in [0.29, 0.717) is 5.82 Å².